The van der Waals surface area contributed by atoms with E-state index in [9.17, 15) is 4.79 Å². The Labute approximate surface area is 121 Å². The number of carbonyl (C=O) groups is 1. The highest BCUT2D eigenvalue weighted by molar-refractivity contribution is 9.10. The van der Waals surface area contributed by atoms with Gasteiger partial charge >= 0.3 is 5.97 Å². The molecule has 0 bridgehead atoms. The minimum Gasteiger partial charge on any atom is -0.464 e. The Morgan fingerprint density at radius 3 is 2.63 bits per heavy atom. The summed E-state index contributed by atoms with van der Waals surface area (Å²) < 4.78 is 10.7. The van der Waals surface area contributed by atoms with Crippen LogP contribution in [0.1, 0.15) is 23.3 Å². The molecule has 2 rings (SSSR count). The summed E-state index contributed by atoms with van der Waals surface area (Å²) in [5.41, 5.74) is 0.314. The summed E-state index contributed by atoms with van der Waals surface area (Å²) in [6.07, 6.45) is 2.27. The largest absolute Gasteiger partial charge is 0.464 e. The number of rotatable bonds is 3. The second kappa shape index (κ2) is 6.34. The molecule has 0 aliphatic carbocycles. The van der Waals surface area contributed by atoms with Crippen molar-refractivity contribution in [1.82, 2.24) is 4.98 Å². The second-order valence-corrected chi connectivity index (χ2v) is 5.27. The first-order valence-electron chi connectivity index (χ1n) is 6.18. The number of piperidine rings is 1. The quantitative estimate of drug-likeness (QED) is 0.796. The van der Waals surface area contributed by atoms with Gasteiger partial charge in [0.25, 0.3) is 0 Å². The van der Waals surface area contributed by atoms with Crippen molar-refractivity contribution in [3.8, 4) is 0 Å². The van der Waals surface area contributed by atoms with E-state index in [2.05, 4.69) is 25.8 Å². The van der Waals surface area contributed by atoms with Gasteiger partial charge in [0.05, 0.1) is 17.7 Å². The van der Waals surface area contributed by atoms with E-state index in [1.165, 1.54) is 7.11 Å². The van der Waals surface area contributed by atoms with Gasteiger partial charge in [0, 0.05) is 20.2 Å². The van der Waals surface area contributed by atoms with Crippen LogP contribution < -0.4 is 4.90 Å². The first-order chi connectivity index (χ1) is 9.15. The Kier molecular flexibility index (Phi) is 4.76. The number of nitrogens with zero attached hydrogens (tertiary/aromatic N) is 2. The van der Waals surface area contributed by atoms with Crippen LogP contribution in [0.25, 0.3) is 0 Å². The van der Waals surface area contributed by atoms with E-state index < -0.39 is 5.97 Å². The zero-order valence-electron chi connectivity index (χ0n) is 11.1. The van der Waals surface area contributed by atoms with Crippen molar-refractivity contribution in [2.24, 2.45) is 0 Å². The monoisotopic (exact) mass is 328 g/mol. The number of esters is 1. The average Bonchev–Trinajstić information content (AvgIpc) is 2.47. The van der Waals surface area contributed by atoms with Gasteiger partial charge < -0.3 is 14.4 Å². The molecule has 104 valence electrons. The molecule has 5 nitrogen and oxygen atoms in total. The third kappa shape index (κ3) is 3.25. The number of ether oxygens (including phenoxy) is 2. The maximum atomic E-state index is 11.6. The van der Waals surface area contributed by atoms with Gasteiger partial charge in [-0.3, -0.25) is 0 Å². The maximum absolute atomic E-state index is 11.6. The molecule has 1 aliphatic rings. The maximum Gasteiger partial charge on any atom is 0.357 e. The molecule has 0 spiro atoms. The fraction of sp³-hybridized carbons (Fsp3) is 0.538. The Bertz CT molecular complexity index is 459. The Morgan fingerprint density at radius 1 is 1.37 bits per heavy atom. The molecular weight excluding hydrogens is 312 g/mol. The van der Waals surface area contributed by atoms with Gasteiger partial charge in [-0.1, -0.05) is 0 Å². The van der Waals surface area contributed by atoms with E-state index >= 15 is 0 Å². The predicted molar refractivity (Wildman–Crippen MR) is 75.5 cm³/mol. The number of hydrogen-bond acceptors (Lipinski definition) is 5. The van der Waals surface area contributed by atoms with Crippen molar-refractivity contribution < 1.29 is 14.3 Å². The van der Waals surface area contributed by atoms with Crippen molar-refractivity contribution in [3.05, 3.63) is 22.3 Å². The van der Waals surface area contributed by atoms with E-state index in [-0.39, 0.29) is 0 Å². The van der Waals surface area contributed by atoms with Crippen molar-refractivity contribution >= 4 is 27.7 Å². The smallest absolute Gasteiger partial charge is 0.357 e. The fourth-order valence-corrected chi connectivity index (χ4v) is 2.55. The number of halogens is 1. The lowest BCUT2D eigenvalue weighted by Gasteiger charge is -2.32. The second-order valence-electron chi connectivity index (χ2n) is 4.41. The standard InChI is InChI=1S/C13H17BrN2O3/c1-18-9-5-7-16(8-6-9)11-4-3-10(14)12(15-11)13(17)19-2/h3-4,9H,5-8H2,1-2H3. The van der Waals surface area contributed by atoms with Crippen LogP contribution in [-0.4, -0.2) is 44.4 Å². The van der Waals surface area contributed by atoms with Crippen LogP contribution in [0.15, 0.2) is 16.6 Å². The highest BCUT2D eigenvalue weighted by Crippen LogP contribution is 2.23. The zero-order chi connectivity index (χ0) is 13.8. The SMILES string of the molecule is COC(=O)c1nc(N2CCC(OC)CC2)ccc1Br. The van der Waals surface area contributed by atoms with E-state index in [0.29, 0.717) is 16.3 Å². The average molecular weight is 329 g/mol. The lowest BCUT2D eigenvalue weighted by molar-refractivity contribution is 0.0592. The normalized spacial score (nSPS) is 16.5. The number of methoxy groups -OCH3 is 2. The lowest BCUT2D eigenvalue weighted by Crippen LogP contribution is -2.37. The summed E-state index contributed by atoms with van der Waals surface area (Å²) in [4.78, 5) is 18.2. The van der Waals surface area contributed by atoms with Crippen LogP contribution in [0.3, 0.4) is 0 Å². The molecule has 0 unspecified atom stereocenters. The van der Waals surface area contributed by atoms with Crippen LogP contribution in [0, 0.1) is 0 Å². The molecule has 0 amide bonds. The van der Waals surface area contributed by atoms with Gasteiger partial charge in [-0.15, -0.1) is 0 Å². The molecule has 0 atom stereocenters. The number of anilines is 1. The molecule has 19 heavy (non-hydrogen) atoms. The van der Waals surface area contributed by atoms with Gasteiger partial charge in [-0.25, -0.2) is 9.78 Å². The van der Waals surface area contributed by atoms with E-state index in [1.807, 2.05) is 12.1 Å². The molecule has 0 N–H and O–H groups in total. The van der Waals surface area contributed by atoms with Crippen LogP contribution in [-0.2, 0) is 9.47 Å². The lowest BCUT2D eigenvalue weighted by atomic mass is 10.1. The van der Waals surface area contributed by atoms with Crippen molar-refractivity contribution in [2.75, 3.05) is 32.2 Å². The van der Waals surface area contributed by atoms with Crippen LogP contribution in [0.4, 0.5) is 5.82 Å². The van der Waals surface area contributed by atoms with Gasteiger partial charge in [0.1, 0.15) is 5.82 Å². The molecule has 1 aliphatic heterocycles. The Hall–Kier alpha value is -1.14. The molecule has 0 radical (unpaired) electrons. The molecular formula is C13H17BrN2O3. The van der Waals surface area contributed by atoms with E-state index in [4.69, 9.17) is 9.47 Å². The molecule has 6 heteroatoms. The van der Waals surface area contributed by atoms with Crippen molar-refractivity contribution in [2.45, 2.75) is 18.9 Å². The topological polar surface area (TPSA) is 51.7 Å². The minimum absolute atomic E-state index is 0.314. The third-order valence-electron chi connectivity index (χ3n) is 3.31. The van der Waals surface area contributed by atoms with Crippen LogP contribution in [0.2, 0.25) is 0 Å². The predicted octanol–water partition coefficient (Wildman–Crippen LogP) is 2.25. The van der Waals surface area contributed by atoms with E-state index in [1.54, 1.807) is 7.11 Å². The highest BCUT2D eigenvalue weighted by Gasteiger charge is 2.21. The molecule has 1 aromatic rings. The summed E-state index contributed by atoms with van der Waals surface area (Å²) >= 11 is 3.31. The molecule has 1 aromatic heterocycles. The van der Waals surface area contributed by atoms with Gasteiger partial charge in [-0.05, 0) is 40.9 Å². The summed E-state index contributed by atoms with van der Waals surface area (Å²) in [5, 5.41) is 0. The zero-order valence-corrected chi connectivity index (χ0v) is 12.6. The highest BCUT2D eigenvalue weighted by atomic mass is 79.9. The van der Waals surface area contributed by atoms with Gasteiger partial charge in [0.2, 0.25) is 0 Å². The first kappa shape index (κ1) is 14.3. The van der Waals surface area contributed by atoms with Gasteiger partial charge in [-0.2, -0.15) is 0 Å². The summed E-state index contributed by atoms with van der Waals surface area (Å²) in [7, 11) is 3.10. The summed E-state index contributed by atoms with van der Waals surface area (Å²) in [6, 6.07) is 3.74. The summed E-state index contributed by atoms with van der Waals surface area (Å²) in [5.74, 6) is 0.374. The molecule has 1 fully saturated rings. The van der Waals surface area contributed by atoms with E-state index in [0.717, 1.165) is 31.7 Å². The number of carbonyl (C=O) groups excluding carboxylic acids is 1. The van der Waals surface area contributed by atoms with Crippen LogP contribution >= 0.6 is 15.9 Å². The number of aromatic nitrogens is 1. The van der Waals surface area contributed by atoms with Crippen LogP contribution in [0.5, 0.6) is 0 Å². The Balaban J connectivity index is 2.15. The molecule has 2 heterocycles. The third-order valence-corrected chi connectivity index (χ3v) is 3.95. The molecule has 0 saturated carbocycles. The van der Waals surface area contributed by atoms with Crippen molar-refractivity contribution in [1.29, 1.82) is 0 Å². The molecule has 0 aromatic carbocycles. The summed E-state index contributed by atoms with van der Waals surface area (Å²) in [6.45, 7) is 1.77. The number of pyridine rings is 1. The Morgan fingerprint density at radius 2 is 2.05 bits per heavy atom. The number of hydrogen-bond donors (Lipinski definition) is 0. The molecule has 1 saturated heterocycles. The van der Waals surface area contributed by atoms with Crippen molar-refractivity contribution in [3.63, 3.8) is 0 Å². The minimum atomic E-state index is -0.430. The first-order valence-corrected chi connectivity index (χ1v) is 6.97. The van der Waals surface area contributed by atoms with Gasteiger partial charge in [0.15, 0.2) is 5.69 Å². The fourth-order valence-electron chi connectivity index (χ4n) is 2.17.